The summed E-state index contributed by atoms with van der Waals surface area (Å²) in [6.45, 7) is 4.55. The quantitative estimate of drug-likeness (QED) is 0.823. The maximum absolute atomic E-state index is 6.29. The van der Waals surface area contributed by atoms with E-state index in [4.69, 9.17) is 11.6 Å². The molecule has 0 radical (unpaired) electrons. The maximum Gasteiger partial charge on any atom is 0.0465 e. The van der Waals surface area contributed by atoms with Gasteiger partial charge in [-0.25, -0.2) is 0 Å². The van der Waals surface area contributed by atoms with Crippen molar-refractivity contribution in [2.75, 3.05) is 7.05 Å². The monoisotopic (exact) mass is 319 g/mol. The molecule has 0 amide bonds. The lowest BCUT2D eigenvalue weighted by Crippen LogP contribution is -2.38. The van der Waals surface area contributed by atoms with Gasteiger partial charge in [-0.15, -0.1) is 11.8 Å². The number of benzene rings is 1. The van der Waals surface area contributed by atoms with E-state index in [1.807, 2.05) is 24.9 Å². The Bertz CT molecular complexity index is 420. The van der Waals surface area contributed by atoms with Gasteiger partial charge in [-0.2, -0.15) is 0 Å². The molecule has 0 aromatic heterocycles. The lowest BCUT2D eigenvalue weighted by Gasteiger charge is -2.39. The van der Waals surface area contributed by atoms with E-state index in [0.717, 1.165) is 15.2 Å². The van der Waals surface area contributed by atoms with E-state index >= 15 is 0 Å². The van der Waals surface area contributed by atoms with Crippen molar-refractivity contribution in [2.45, 2.75) is 30.4 Å². The molecular weight excluding hydrogens is 306 g/mol. The molecule has 16 heavy (non-hydrogen) atoms. The number of halogens is 2. The first-order valence-corrected chi connectivity index (χ1v) is 7.40. The fourth-order valence-corrected chi connectivity index (χ4v) is 4.48. The van der Waals surface area contributed by atoms with Crippen LogP contribution in [0.25, 0.3) is 0 Å². The Morgan fingerprint density at radius 1 is 1.50 bits per heavy atom. The second-order valence-electron chi connectivity index (χ2n) is 4.57. The fraction of sp³-hybridized carbons (Fsp3) is 0.500. The van der Waals surface area contributed by atoms with E-state index in [9.17, 15) is 0 Å². The van der Waals surface area contributed by atoms with Crippen molar-refractivity contribution >= 4 is 39.3 Å². The Morgan fingerprint density at radius 2 is 2.19 bits per heavy atom. The molecule has 0 saturated carbocycles. The molecule has 0 saturated heterocycles. The molecule has 1 atom stereocenters. The maximum atomic E-state index is 6.29. The van der Waals surface area contributed by atoms with E-state index in [2.05, 4.69) is 41.2 Å². The molecule has 1 aromatic carbocycles. The Morgan fingerprint density at radius 3 is 2.81 bits per heavy atom. The molecule has 1 N–H and O–H groups in total. The minimum Gasteiger partial charge on any atom is -0.312 e. The minimum atomic E-state index is 0.200. The predicted molar refractivity (Wildman–Crippen MR) is 76.3 cm³/mol. The van der Waals surface area contributed by atoms with Crippen LogP contribution in [0.4, 0.5) is 0 Å². The molecule has 1 unspecified atom stereocenters. The molecule has 0 bridgehead atoms. The first-order chi connectivity index (χ1) is 7.45. The van der Waals surface area contributed by atoms with Gasteiger partial charge in [0.25, 0.3) is 0 Å². The van der Waals surface area contributed by atoms with Crippen LogP contribution in [0.2, 0.25) is 5.02 Å². The van der Waals surface area contributed by atoms with E-state index in [1.54, 1.807) is 0 Å². The van der Waals surface area contributed by atoms with Crippen LogP contribution in [0.15, 0.2) is 16.6 Å². The number of rotatable bonds is 1. The van der Waals surface area contributed by atoms with Crippen LogP contribution in [0.1, 0.15) is 31.0 Å². The summed E-state index contributed by atoms with van der Waals surface area (Å²) in [5.41, 5.74) is 2.60. The minimum absolute atomic E-state index is 0.200. The Labute approximate surface area is 114 Å². The second kappa shape index (κ2) is 4.52. The van der Waals surface area contributed by atoms with Crippen LogP contribution < -0.4 is 5.32 Å². The molecule has 1 nitrogen and oxygen atoms in total. The molecule has 1 aromatic rings. The molecule has 1 aliphatic rings. The van der Waals surface area contributed by atoms with E-state index in [0.29, 0.717) is 6.04 Å². The number of hydrogen-bond donors (Lipinski definition) is 1. The summed E-state index contributed by atoms with van der Waals surface area (Å²) in [4.78, 5) is 0. The summed E-state index contributed by atoms with van der Waals surface area (Å²) in [6, 6.07) is 4.51. The largest absolute Gasteiger partial charge is 0.312 e. The van der Waals surface area contributed by atoms with Gasteiger partial charge < -0.3 is 5.32 Å². The van der Waals surface area contributed by atoms with E-state index < -0.39 is 0 Å². The Hall–Kier alpha value is 0.300. The molecular formula is C12H15BrClNS. The SMILES string of the molecule is CNC1c2cc(Br)cc(Cl)c2CSC1(C)C. The molecule has 1 heterocycles. The van der Waals surface area contributed by atoms with E-state index in [-0.39, 0.29) is 4.75 Å². The van der Waals surface area contributed by atoms with Gasteiger partial charge >= 0.3 is 0 Å². The standard InChI is InChI=1S/C12H15BrClNS/c1-12(2)11(15-3)8-4-7(13)5-10(14)9(8)6-16-12/h4-5,11,15H,6H2,1-3H3. The van der Waals surface area contributed by atoms with Crippen LogP contribution in [0, 0.1) is 0 Å². The smallest absolute Gasteiger partial charge is 0.0465 e. The van der Waals surface area contributed by atoms with Gasteiger partial charge in [0.15, 0.2) is 0 Å². The zero-order chi connectivity index (χ0) is 11.9. The Kier molecular flexibility index (Phi) is 3.60. The van der Waals surface area contributed by atoms with Gasteiger partial charge in [0.05, 0.1) is 0 Å². The normalized spacial score (nSPS) is 22.9. The zero-order valence-corrected chi connectivity index (χ0v) is 12.8. The molecule has 4 heteroatoms. The zero-order valence-electron chi connectivity index (χ0n) is 9.60. The van der Waals surface area contributed by atoms with Crippen LogP contribution in [-0.4, -0.2) is 11.8 Å². The highest BCUT2D eigenvalue weighted by Crippen LogP contribution is 2.47. The highest BCUT2D eigenvalue weighted by molar-refractivity contribution is 9.10. The first-order valence-electron chi connectivity index (χ1n) is 5.25. The van der Waals surface area contributed by atoms with Gasteiger partial charge in [0.1, 0.15) is 0 Å². The second-order valence-corrected chi connectivity index (χ2v) is 7.52. The molecule has 0 aliphatic carbocycles. The number of fused-ring (bicyclic) bond motifs is 1. The van der Waals surface area contributed by atoms with Crippen molar-refractivity contribution < 1.29 is 0 Å². The van der Waals surface area contributed by atoms with Gasteiger partial charge in [-0.3, -0.25) is 0 Å². The van der Waals surface area contributed by atoms with E-state index in [1.165, 1.54) is 11.1 Å². The average molecular weight is 321 g/mol. The van der Waals surface area contributed by atoms with Crippen molar-refractivity contribution in [1.29, 1.82) is 0 Å². The molecule has 1 aliphatic heterocycles. The van der Waals surface area contributed by atoms with Crippen molar-refractivity contribution in [1.82, 2.24) is 5.32 Å². The number of hydrogen-bond acceptors (Lipinski definition) is 2. The first kappa shape index (κ1) is 12.7. The van der Waals surface area contributed by atoms with Crippen LogP contribution >= 0.6 is 39.3 Å². The summed E-state index contributed by atoms with van der Waals surface area (Å²) in [5, 5.41) is 4.27. The highest BCUT2D eigenvalue weighted by Gasteiger charge is 2.36. The molecule has 2 rings (SSSR count). The molecule has 0 fully saturated rings. The summed E-state index contributed by atoms with van der Waals surface area (Å²) in [7, 11) is 2.01. The summed E-state index contributed by atoms with van der Waals surface area (Å²) < 4.78 is 1.26. The summed E-state index contributed by atoms with van der Waals surface area (Å²) >= 11 is 11.8. The molecule has 88 valence electrons. The molecule has 0 spiro atoms. The van der Waals surface area contributed by atoms with Gasteiger partial charge in [0, 0.05) is 26.0 Å². The van der Waals surface area contributed by atoms with Crippen LogP contribution in [0.3, 0.4) is 0 Å². The highest BCUT2D eigenvalue weighted by atomic mass is 79.9. The lowest BCUT2D eigenvalue weighted by atomic mass is 9.91. The van der Waals surface area contributed by atoms with Crippen molar-refractivity contribution in [3.05, 3.63) is 32.8 Å². The summed E-state index contributed by atoms with van der Waals surface area (Å²) in [6.07, 6.45) is 0. The lowest BCUT2D eigenvalue weighted by molar-refractivity contribution is 0.474. The van der Waals surface area contributed by atoms with Gasteiger partial charge in [0.2, 0.25) is 0 Å². The Balaban J connectivity index is 2.57. The fourth-order valence-electron chi connectivity index (χ4n) is 2.25. The van der Waals surface area contributed by atoms with Gasteiger partial charge in [-0.1, -0.05) is 27.5 Å². The summed E-state index contributed by atoms with van der Waals surface area (Å²) in [5.74, 6) is 0.993. The van der Waals surface area contributed by atoms with Crippen molar-refractivity contribution in [2.24, 2.45) is 0 Å². The van der Waals surface area contributed by atoms with Crippen molar-refractivity contribution in [3.8, 4) is 0 Å². The topological polar surface area (TPSA) is 12.0 Å². The van der Waals surface area contributed by atoms with Crippen LogP contribution in [-0.2, 0) is 5.75 Å². The third-order valence-electron chi connectivity index (χ3n) is 3.08. The third kappa shape index (κ3) is 2.15. The van der Waals surface area contributed by atoms with Crippen molar-refractivity contribution in [3.63, 3.8) is 0 Å². The average Bonchev–Trinajstić information content (AvgIpc) is 2.15. The predicted octanol–water partition coefficient (Wildman–Crippen LogP) is 4.39. The third-order valence-corrected chi connectivity index (χ3v) is 5.29. The number of nitrogens with one attached hydrogen (secondary N) is 1. The number of thioether (sulfide) groups is 1. The van der Waals surface area contributed by atoms with Gasteiger partial charge in [-0.05, 0) is 44.2 Å². The van der Waals surface area contributed by atoms with Crippen LogP contribution in [0.5, 0.6) is 0 Å².